The Morgan fingerprint density at radius 1 is 1.25 bits per heavy atom. The fourth-order valence-electron chi connectivity index (χ4n) is 3.05. The number of nitrogens with one attached hydrogen (secondary N) is 1. The lowest BCUT2D eigenvalue weighted by Gasteiger charge is -2.30. The molecule has 3 rings (SSSR count). The molecule has 2 amide bonds. The van der Waals surface area contributed by atoms with E-state index in [-0.39, 0.29) is 29.1 Å². The van der Waals surface area contributed by atoms with Crippen LogP contribution in [0.1, 0.15) is 38.7 Å². The summed E-state index contributed by atoms with van der Waals surface area (Å²) in [6.07, 6.45) is 2.89. The summed E-state index contributed by atoms with van der Waals surface area (Å²) in [5.74, 6) is 1.46. The van der Waals surface area contributed by atoms with Crippen LogP contribution in [-0.4, -0.2) is 33.9 Å². The minimum absolute atomic E-state index is 0.0633. The van der Waals surface area contributed by atoms with Crippen LogP contribution in [0.5, 0.6) is 0 Å². The third-order valence-corrected chi connectivity index (χ3v) is 5.88. The minimum atomic E-state index is -0.354. The van der Waals surface area contributed by atoms with E-state index in [9.17, 15) is 9.59 Å². The Balaban J connectivity index is 1.73. The van der Waals surface area contributed by atoms with E-state index < -0.39 is 0 Å². The number of thioether (sulfide) groups is 1. The summed E-state index contributed by atoms with van der Waals surface area (Å²) in [7, 11) is 0. The van der Waals surface area contributed by atoms with Gasteiger partial charge in [-0.1, -0.05) is 31.5 Å². The molecule has 1 aromatic carbocycles. The molecule has 0 unspecified atom stereocenters. The molecule has 1 heterocycles. The number of carbonyl (C=O) groups excluding carboxylic acids is 2. The van der Waals surface area contributed by atoms with Crippen molar-refractivity contribution in [3.8, 4) is 0 Å². The van der Waals surface area contributed by atoms with Gasteiger partial charge in [0.2, 0.25) is 11.8 Å². The first kappa shape index (κ1) is 17.3. The molecule has 1 aliphatic carbocycles. The molecule has 2 fully saturated rings. The van der Waals surface area contributed by atoms with E-state index in [4.69, 9.17) is 0 Å². The maximum Gasteiger partial charge on any atom is 0.248 e. The molecule has 1 aromatic rings. The highest BCUT2D eigenvalue weighted by Crippen LogP contribution is 2.39. The molecule has 1 N–H and O–H groups in total. The Labute approximate surface area is 148 Å². The molecular weight excluding hydrogens is 320 g/mol. The smallest absolute Gasteiger partial charge is 0.248 e. The van der Waals surface area contributed by atoms with Crippen molar-refractivity contribution in [3.05, 3.63) is 29.8 Å². The average Bonchev–Trinajstić information content (AvgIpc) is 3.30. The maximum atomic E-state index is 12.8. The molecule has 1 saturated heterocycles. The SMILES string of the molecule is Cc1ccc(NC(=O)[C@@H]2CS[C@H](CC(C)C)N2C(=O)C2CC2)cc1. The normalized spacial score (nSPS) is 23.6. The Hall–Kier alpha value is -1.49. The monoisotopic (exact) mass is 346 g/mol. The summed E-state index contributed by atoms with van der Waals surface area (Å²) in [5, 5.41) is 3.11. The number of benzene rings is 1. The zero-order chi connectivity index (χ0) is 17.3. The van der Waals surface area contributed by atoms with Crippen molar-refractivity contribution in [2.24, 2.45) is 11.8 Å². The Bertz CT molecular complexity index is 610. The van der Waals surface area contributed by atoms with E-state index in [0.29, 0.717) is 11.7 Å². The van der Waals surface area contributed by atoms with Crippen LogP contribution in [0.2, 0.25) is 0 Å². The fraction of sp³-hybridized carbons (Fsp3) is 0.579. The first-order chi connectivity index (χ1) is 11.5. The number of carbonyl (C=O) groups is 2. The second-order valence-corrected chi connectivity index (χ2v) is 8.52. The zero-order valence-corrected chi connectivity index (χ0v) is 15.4. The van der Waals surface area contributed by atoms with E-state index in [2.05, 4.69) is 19.2 Å². The number of hydrogen-bond acceptors (Lipinski definition) is 3. The summed E-state index contributed by atoms with van der Waals surface area (Å²) >= 11 is 1.75. The number of amides is 2. The predicted octanol–water partition coefficient (Wildman–Crippen LogP) is 3.66. The van der Waals surface area contributed by atoms with Crippen LogP contribution in [0.3, 0.4) is 0 Å². The van der Waals surface area contributed by atoms with Gasteiger partial charge in [-0.05, 0) is 44.2 Å². The minimum Gasteiger partial charge on any atom is -0.324 e. The molecule has 4 nitrogen and oxygen atoms in total. The summed E-state index contributed by atoms with van der Waals surface area (Å²) in [4.78, 5) is 27.4. The van der Waals surface area contributed by atoms with Crippen molar-refractivity contribution in [2.45, 2.75) is 51.4 Å². The molecule has 0 bridgehead atoms. The molecule has 0 radical (unpaired) electrons. The van der Waals surface area contributed by atoms with Gasteiger partial charge in [0, 0.05) is 17.4 Å². The Kier molecular flexibility index (Phi) is 5.18. The number of hydrogen-bond donors (Lipinski definition) is 1. The van der Waals surface area contributed by atoms with E-state index >= 15 is 0 Å². The highest BCUT2D eigenvalue weighted by molar-refractivity contribution is 8.00. The molecule has 130 valence electrons. The van der Waals surface area contributed by atoms with Gasteiger partial charge >= 0.3 is 0 Å². The number of anilines is 1. The average molecular weight is 346 g/mol. The second-order valence-electron chi connectivity index (χ2n) is 7.31. The fourth-order valence-corrected chi connectivity index (χ4v) is 4.70. The van der Waals surface area contributed by atoms with Crippen LogP contribution in [0.25, 0.3) is 0 Å². The maximum absolute atomic E-state index is 12.8. The highest BCUT2D eigenvalue weighted by Gasteiger charge is 2.46. The van der Waals surface area contributed by atoms with Crippen LogP contribution in [-0.2, 0) is 9.59 Å². The third kappa shape index (κ3) is 3.94. The topological polar surface area (TPSA) is 49.4 Å². The van der Waals surface area contributed by atoms with Gasteiger partial charge < -0.3 is 10.2 Å². The van der Waals surface area contributed by atoms with Gasteiger partial charge in [0.05, 0.1) is 5.37 Å². The van der Waals surface area contributed by atoms with E-state index in [1.54, 1.807) is 11.8 Å². The van der Waals surface area contributed by atoms with Gasteiger partial charge in [-0.15, -0.1) is 11.8 Å². The lowest BCUT2D eigenvalue weighted by atomic mass is 10.1. The van der Waals surface area contributed by atoms with Gasteiger partial charge in [-0.2, -0.15) is 0 Å². The summed E-state index contributed by atoms with van der Waals surface area (Å²) < 4.78 is 0. The molecule has 1 aliphatic heterocycles. The first-order valence-electron chi connectivity index (χ1n) is 8.77. The largest absolute Gasteiger partial charge is 0.324 e. The van der Waals surface area contributed by atoms with Crippen molar-refractivity contribution in [3.63, 3.8) is 0 Å². The summed E-state index contributed by atoms with van der Waals surface area (Å²) in [6, 6.07) is 7.43. The second kappa shape index (κ2) is 7.18. The van der Waals surface area contributed by atoms with Crippen LogP contribution >= 0.6 is 11.8 Å². The molecule has 0 aromatic heterocycles. The molecule has 2 atom stereocenters. The quantitative estimate of drug-likeness (QED) is 0.885. The number of rotatable bonds is 5. The molecular formula is C19H26N2O2S. The standard InChI is InChI=1S/C19H26N2O2S/c1-12(2)10-17-21(19(23)14-6-7-14)16(11-24-17)18(22)20-15-8-4-13(3)5-9-15/h4-5,8-9,12,14,16-17H,6-7,10-11H2,1-3H3,(H,20,22)/t16-,17+/m0/s1. The lowest BCUT2D eigenvalue weighted by Crippen LogP contribution is -2.48. The van der Waals surface area contributed by atoms with Crippen molar-refractivity contribution in [1.29, 1.82) is 0 Å². The number of nitrogens with zero attached hydrogens (tertiary/aromatic N) is 1. The van der Waals surface area contributed by atoms with E-state index in [0.717, 1.165) is 30.5 Å². The van der Waals surface area contributed by atoms with Crippen LogP contribution in [0, 0.1) is 18.8 Å². The Morgan fingerprint density at radius 3 is 2.50 bits per heavy atom. The summed E-state index contributed by atoms with van der Waals surface area (Å²) in [6.45, 7) is 6.35. The van der Waals surface area contributed by atoms with Gasteiger partial charge in [0.25, 0.3) is 0 Å². The van der Waals surface area contributed by atoms with Gasteiger partial charge in [0.1, 0.15) is 6.04 Å². The first-order valence-corrected chi connectivity index (χ1v) is 9.82. The van der Waals surface area contributed by atoms with Crippen molar-refractivity contribution in [2.75, 3.05) is 11.1 Å². The van der Waals surface area contributed by atoms with Gasteiger partial charge in [0.15, 0.2) is 0 Å². The summed E-state index contributed by atoms with van der Waals surface area (Å²) in [5.41, 5.74) is 1.95. The molecule has 0 spiro atoms. The zero-order valence-electron chi connectivity index (χ0n) is 14.6. The number of aryl methyl sites for hydroxylation is 1. The van der Waals surface area contributed by atoms with Crippen molar-refractivity contribution < 1.29 is 9.59 Å². The van der Waals surface area contributed by atoms with Crippen LogP contribution < -0.4 is 5.32 Å². The van der Waals surface area contributed by atoms with Gasteiger partial charge in [-0.25, -0.2) is 0 Å². The van der Waals surface area contributed by atoms with E-state index in [1.165, 1.54) is 0 Å². The third-order valence-electron chi connectivity index (χ3n) is 4.57. The molecule has 2 aliphatic rings. The van der Waals surface area contributed by atoms with Crippen LogP contribution in [0.4, 0.5) is 5.69 Å². The molecule has 24 heavy (non-hydrogen) atoms. The molecule has 1 saturated carbocycles. The van der Waals surface area contributed by atoms with Crippen LogP contribution in [0.15, 0.2) is 24.3 Å². The van der Waals surface area contributed by atoms with Crippen molar-refractivity contribution >= 4 is 29.3 Å². The lowest BCUT2D eigenvalue weighted by molar-refractivity contribution is -0.139. The highest BCUT2D eigenvalue weighted by atomic mass is 32.2. The van der Waals surface area contributed by atoms with E-state index in [1.807, 2.05) is 36.1 Å². The molecule has 5 heteroatoms. The van der Waals surface area contributed by atoms with Crippen molar-refractivity contribution in [1.82, 2.24) is 4.90 Å². The Morgan fingerprint density at radius 2 is 1.92 bits per heavy atom. The van der Waals surface area contributed by atoms with Gasteiger partial charge in [-0.3, -0.25) is 9.59 Å². The predicted molar refractivity (Wildman–Crippen MR) is 98.9 cm³/mol.